The van der Waals surface area contributed by atoms with Gasteiger partial charge in [0, 0.05) is 13.2 Å². The highest BCUT2D eigenvalue weighted by atomic mass is 16.5. The molecule has 7 heteroatoms. The molecule has 2 aromatic rings. The van der Waals surface area contributed by atoms with E-state index in [-0.39, 0.29) is 24.4 Å². The maximum absolute atomic E-state index is 12.1. The Kier molecular flexibility index (Phi) is 5.91. The molecule has 1 amide bonds. The zero-order valence-electron chi connectivity index (χ0n) is 14.5. The Bertz CT molecular complexity index is 746. The fourth-order valence-electron chi connectivity index (χ4n) is 2.64. The molecular weight excluding hydrogens is 338 g/mol. The number of ether oxygens (including phenoxy) is 3. The summed E-state index contributed by atoms with van der Waals surface area (Å²) in [6.45, 7) is 1.41. The van der Waals surface area contributed by atoms with Gasteiger partial charge >= 0.3 is 5.97 Å². The van der Waals surface area contributed by atoms with Crippen molar-refractivity contribution < 1.29 is 28.2 Å². The van der Waals surface area contributed by atoms with Crippen molar-refractivity contribution in [1.29, 1.82) is 0 Å². The van der Waals surface area contributed by atoms with E-state index in [1.165, 1.54) is 7.11 Å². The number of esters is 1. The van der Waals surface area contributed by atoms with E-state index >= 15 is 0 Å². The number of rotatable bonds is 7. The first-order valence-electron chi connectivity index (χ1n) is 8.45. The predicted octanol–water partition coefficient (Wildman–Crippen LogP) is 2.55. The average molecular weight is 359 g/mol. The molecule has 0 radical (unpaired) electrons. The lowest BCUT2D eigenvalue weighted by molar-refractivity contribution is 0.0600. The van der Waals surface area contributed by atoms with Crippen LogP contribution in [-0.4, -0.2) is 38.2 Å². The third-order valence-corrected chi connectivity index (χ3v) is 4.06. The number of amides is 1. The maximum Gasteiger partial charge on any atom is 0.337 e. The van der Waals surface area contributed by atoms with Crippen molar-refractivity contribution in [2.45, 2.75) is 25.6 Å². The lowest BCUT2D eigenvalue weighted by Crippen LogP contribution is -2.31. The average Bonchev–Trinajstić information content (AvgIpc) is 3.36. The highest BCUT2D eigenvalue weighted by Crippen LogP contribution is 2.16. The minimum absolute atomic E-state index is 0.0877. The van der Waals surface area contributed by atoms with E-state index in [9.17, 15) is 9.59 Å². The predicted molar refractivity (Wildman–Crippen MR) is 92.1 cm³/mol. The summed E-state index contributed by atoms with van der Waals surface area (Å²) >= 11 is 0. The first-order valence-corrected chi connectivity index (χ1v) is 8.45. The van der Waals surface area contributed by atoms with E-state index in [4.69, 9.17) is 13.9 Å². The van der Waals surface area contributed by atoms with Gasteiger partial charge < -0.3 is 23.9 Å². The molecule has 1 fully saturated rings. The van der Waals surface area contributed by atoms with Crippen LogP contribution >= 0.6 is 0 Å². The molecule has 7 nitrogen and oxygen atoms in total. The zero-order valence-corrected chi connectivity index (χ0v) is 14.5. The molecular formula is C19H21NO6. The Morgan fingerprint density at radius 2 is 2.00 bits per heavy atom. The Morgan fingerprint density at radius 1 is 1.19 bits per heavy atom. The second-order valence-corrected chi connectivity index (χ2v) is 5.92. The van der Waals surface area contributed by atoms with Crippen molar-refractivity contribution >= 4 is 11.9 Å². The van der Waals surface area contributed by atoms with Gasteiger partial charge in [0.1, 0.15) is 18.1 Å². The van der Waals surface area contributed by atoms with Crippen LogP contribution in [0, 0.1) is 0 Å². The van der Waals surface area contributed by atoms with E-state index in [1.54, 1.807) is 36.4 Å². The smallest absolute Gasteiger partial charge is 0.337 e. The normalized spacial score (nSPS) is 16.3. The Hall–Kier alpha value is -2.80. The fraction of sp³-hybridized carbons (Fsp3) is 0.368. The van der Waals surface area contributed by atoms with E-state index in [0.717, 1.165) is 19.4 Å². The fourth-order valence-corrected chi connectivity index (χ4v) is 2.64. The topological polar surface area (TPSA) is 87.0 Å². The molecule has 1 unspecified atom stereocenters. The molecule has 1 aromatic carbocycles. The molecule has 0 aliphatic carbocycles. The van der Waals surface area contributed by atoms with Gasteiger partial charge in [-0.15, -0.1) is 0 Å². The van der Waals surface area contributed by atoms with Gasteiger partial charge in [-0.3, -0.25) is 4.79 Å². The summed E-state index contributed by atoms with van der Waals surface area (Å²) in [4.78, 5) is 23.5. The van der Waals surface area contributed by atoms with Crippen LogP contribution in [0.15, 0.2) is 40.8 Å². The number of nitrogens with one attached hydrogen (secondary N) is 1. The monoisotopic (exact) mass is 359 g/mol. The van der Waals surface area contributed by atoms with Crippen LogP contribution in [0.3, 0.4) is 0 Å². The number of methoxy groups -OCH3 is 1. The van der Waals surface area contributed by atoms with Crippen molar-refractivity contribution in [2.75, 3.05) is 20.3 Å². The molecule has 26 heavy (non-hydrogen) atoms. The Balaban J connectivity index is 1.48. The molecule has 0 spiro atoms. The number of carbonyl (C=O) groups excluding carboxylic acids is 2. The van der Waals surface area contributed by atoms with E-state index in [2.05, 4.69) is 10.1 Å². The standard InChI is InChI=1S/C19H21NO6/c1-23-19(22)13-4-6-14(7-5-13)25-12-16-8-9-17(26-16)18(21)20-11-15-3-2-10-24-15/h4-9,15H,2-3,10-12H2,1H3,(H,20,21). The van der Waals surface area contributed by atoms with Gasteiger partial charge in [-0.25, -0.2) is 4.79 Å². The molecule has 1 atom stereocenters. The molecule has 0 saturated carbocycles. The first-order chi connectivity index (χ1) is 12.7. The van der Waals surface area contributed by atoms with Crippen molar-refractivity contribution in [3.05, 3.63) is 53.5 Å². The van der Waals surface area contributed by atoms with Crippen molar-refractivity contribution in [3.63, 3.8) is 0 Å². The second-order valence-electron chi connectivity index (χ2n) is 5.92. The van der Waals surface area contributed by atoms with Gasteiger partial charge in [-0.05, 0) is 49.2 Å². The molecule has 138 valence electrons. The number of hydrogen-bond donors (Lipinski definition) is 1. The van der Waals surface area contributed by atoms with E-state index < -0.39 is 5.97 Å². The zero-order chi connectivity index (χ0) is 18.4. The van der Waals surface area contributed by atoms with Crippen LogP contribution in [0.5, 0.6) is 5.75 Å². The Labute approximate surface area is 151 Å². The lowest BCUT2D eigenvalue weighted by atomic mass is 10.2. The highest BCUT2D eigenvalue weighted by molar-refractivity contribution is 5.91. The van der Waals surface area contributed by atoms with Gasteiger partial charge in [-0.1, -0.05) is 0 Å². The van der Waals surface area contributed by atoms with Crippen LogP contribution in [-0.2, 0) is 16.1 Å². The van der Waals surface area contributed by atoms with Crippen LogP contribution < -0.4 is 10.1 Å². The van der Waals surface area contributed by atoms with Gasteiger partial charge in [0.25, 0.3) is 5.91 Å². The van der Waals surface area contributed by atoms with Crippen LogP contribution in [0.25, 0.3) is 0 Å². The first kappa shape index (κ1) is 18.0. The number of carbonyl (C=O) groups is 2. The molecule has 1 aromatic heterocycles. The number of furan rings is 1. The number of hydrogen-bond acceptors (Lipinski definition) is 6. The largest absolute Gasteiger partial charge is 0.486 e. The van der Waals surface area contributed by atoms with Crippen LogP contribution in [0.4, 0.5) is 0 Å². The van der Waals surface area contributed by atoms with Crippen LogP contribution in [0.2, 0.25) is 0 Å². The minimum Gasteiger partial charge on any atom is -0.486 e. The van der Waals surface area contributed by atoms with Gasteiger partial charge in [-0.2, -0.15) is 0 Å². The third kappa shape index (κ3) is 4.64. The maximum atomic E-state index is 12.1. The summed E-state index contributed by atoms with van der Waals surface area (Å²) in [5.74, 6) is 0.681. The Morgan fingerprint density at radius 3 is 2.69 bits per heavy atom. The van der Waals surface area contributed by atoms with Crippen molar-refractivity contribution in [2.24, 2.45) is 0 Å². The van der Waals surface area contributed by atoms with Gasteiger partial charge in [0.15, 0.2) is 5.76 Å². The second kappa shape index (κ2) is 8.53. The van der Waals surface area contributed by atoms with Crippen LogP contribution in [0.1, 0.15) is 39.5 Å². The van der Waals surface area contributed by atoms with Gasteiger partial charge in [0.2, 0.25) is 0 Å². The van der Waals surface area contributed by atoms with Crippen molar-refractivity contribution in [3.8, 4) is 5.75 Å². The molecule has 0 bridgehead atoms. The van der Waals surface area contributed by atoms with Crippen molar-refractivity contribution in [1.82, 2.24) is 5.32 Å². The highest BCUT2D eigenvalue weighted by Gasteiger charge is 2.18. The van der Waals surface area contributed by atoms with Gasteiger partial charge in [0.05, 0.1) is 18.8 Å². The summed E-state index contributed by atoms with van der Waals surface area (Å²) in [6, 6.07) is 9.89. The molecule has 1 N–H and O–H groups in total. The lowest BCUT2D eigenvalue weighted by Gasteiger charge is -2.09. The summed E-state index contributed by atoms with van der Waals surface area (Å²) in [5, 5.41) is 2.81. The summed E-state index contributed by atoms with van der Waals surface area (Å²) in [7, 11) is 1.33. The van der Waals surface area contributed by atoms with E-state index in [1.807, 2.05) is 0 Å². The minimum atomic E-state index is -0.402. The molecule has 3 rings (SSSR count). The third-order valence-electron chi connectivity index (χ3n) is 4.06. The summed E-state index contributed by atoms with van der Waals surface area (Å²) in [6.07, 6.45) is 2.08. The van der Waals surface area contributed by atoms with E-state index in [0.29, 0.717) is 23.6 Å². The molecule has 1 saturated heterocycles. The molecule has 1 aliphatic rings. The molecule has 2 heterocycles. The molecule has 1 aliphatic heterocycles. The summed E-state index contributed by atoms with van der Waals surface area (Å²) in [5.41, 5.74) is 0.447. The quantitative estimate of drug-likeness (QED) is 0.765. The SMILES string of the molecule is COC(=O)c1ccc(OCc2ccc(C(=O)NCC3CCCO3)o2)cc1. The number of benzene rings is 1. The summed E-state index contributed by atoms with van der Waals surface area (Å²) < 4.78 is 21.2.